The number of amides is 2. The number of rotatable bonds is 4. The van der Waals surface area contributed by atoms with Gasteiger partial charge in [-0.3, -0.25) is 9.59 Å². The van der Waals surface area contributed by atoms with Crippen molar-refractivity contribution in [1.29, 1.82) is 0 Å². The first-order valence-corrected chi connectivity index (χ1v) is 9.70. The van der Waals surface area contributed by atoms with Crippen LogP contribution in [0.2, 0.25) is 0 Å². The van der Waals surface area contributed by atoms with Gasteiger partial charge in [0.25, 0.3) is 5.91 Å². The standard InChI is InChI=1S/C20H19FN2O3S/c1-22-19(25)18-13-4-2-3-5-16(13)27-20(18)23-17(24)8-11-10-26-15-7-6-12(21)9-14(11)15/h6-7,9-10H,2-5,8H2,1H3,(H,22,25)(H,23,24). The lowest BCUT2D eigenvalue weighted by molar-refractivity contribution is -0.115. The fourth-order valence-corrected chi connectivity index (χ4v) is 4.86. The topological polar surface area (TPSA) is 71.3 Å². The minimum atomic E-state index is -0.376. The van der Waals surface area contributed by atoms with Crippen LogP contribution in [0.1, 0.15) is 39.2 Å². The minimum Gasteiger partial charge on any atom is -0.464 e. The molecule has 3 aromatic rings. The predicted molar refractivity (Wildman–Crippen MR) is 103 cm³/mol. The van der Waals surface area contributed by atoms with Gasteiger partial charge in [0, 0.05) is 22.9 Å². The molecule has 0 saturated heterocycles. The molecule has 0 unspecified atom stereocenters. The van der Waals surface area contributed by atoms with Crippen LogP contribution >= 0.6 is 11.3 Å². The van der Waals surface area contributed by atoms with Crippen molar-refractivity contribution < 1.29 is 18.4 Å². The van der Waals surface area contributed by atoms with Gasteiger partial charge in [-0.05, 0) is 49.4 Å². The van der Waals surface area contributed by atoms with Gasteiger partial charge in [-0.2, -0.15) is 0 Å². The van der Waals surface area contributed by atoms with Crippen molar-refractivity contribution in [2.45, 2.75) is 32.1 Å². The van der Waals surface area contributed by atoms with Crippen LogP contribution in [0.15, 0.2) is 28.9 Å². The van der Waals surface area contributed by atoms with Gasteiger partial charge in [-0.1, -0.05) is 0 Å². The Bertz CT molecular complexity index is 1040. The summed E-state index contributed by atoms with van der Waals surface area (Å²) in [6.07, 6.45) is 5.46. The zero-order valence-electron chi connectivity index (χ0n) is 14.9. The van der Waals surface area contributed by atoms with Crippen molar-refractivity contribution in [3.8, 4) is 0 Å². The molecule has 2 aromatic heterocycles. The summed E-state index contributed by atoms with van der Waals surface area (Å²) in [5.41, 5.74) is 2.78. The molecule has 7 heteroatoms. The molecular weight excluding hydrogens is 367 g/mol. The van der Waals surface area contributed by atoms with Crippen LogP contribution in [0.4, 0.5) is 9.39 Å². The Morgan fingerprint density at radius 1 is 1.26 bits per heavy atom. The molecule has 2 N–H and O–H groups in total. The summed E-state index contributed by atoms with van der Waals surface area (Å²) in [4.78, 5) is 26.2. The molecular formula is C20H19FN2O3S. The molecule has 5 nitrogen and oxygen atoms in total. The lowest BCUT2D eigenvalue weighted by Gasteiger charge is -2.12. The number of nitrogens with one attached hydrogen (secondary N) is 2. The molecule has 0 atom stereocenters. The smallest absolute Gasteiger partial charge is 0.254 e. The van der Waals surface area contributed by atoms with Gasteiger partial charge >= 0.3 is 0 Å². The number of benzene rings is 1. The van der Waals surface area contributed by atoms with Crippen LogP contribution in [0.5, 0.6) is 0 Å². The van der Waals surface area contributed by atoms with Gasteiger partial charge in [-0.15, -0.1) is 11.3 Å². The average Bonchev–Trinajstić information content (AvgIpc) is 3.21. The Labute approximate surface area is 159 Å². The number of carbonyl (C=O) groups is 2. The molecule has 0 saturated carbocycles. The van der Waals surface area contributed by atoms with E-state index >= 15 is 0 Å². The highest BCUT2D eigenvalue weighted by Crippen LogP contribution is 2.38. The number of halogens is 1. The molecule has 0 spiro atoms. The predicted octanol–water partition coefficient (Wildman–Crippen LogP) is 4.05. The highest BCUT2D eigenvalue weighted by Gasteiger charge is 2.26. The number of carbonyl (C=O) groups excluding carboxylic acids is 2. The zero-order valence-corrected chi connectivity index (χ0v) is 15.7. The third-order valence-corrected chi connectivity index (χ3v) is 6.05. The number of thiophene rings is 1. The normalized spacial score (nSPS) is 13.4. The second-order valence-electron chi connectivity index (χ2n) is 6.62. The second-order valence-corrected chi connectivity index (χ2v) is 7.73. The second kappa shape index (κ2) is 7.15. The number of furan rings is 1. The monoisotopic (exact) mass is 386 g/mol. The van der Waals surface area contributed by atoms with Crippen molar-refractivity contribution in [3.05, 3.63) is 51.8 Å². The van der Waals surface area contributed by atoms with Gasteiger partial charge < -0.3 is 15.1 Å². The molecule has 2 amide bonds. The lowest BCUT2D eigenvalue weighted by atomic mass is 9.95. The Kier molecular flexibility index (Phi) is 4.70. The summed E-state index contributed by atoms with van der Waals surface area (Å²) in [5.74, 6) is -0.815. The average molecular weight is 386 g/mol. The lowest BCUT2D eigenvalue weighted by Crippen LogP contribution is -2.22. The van der Waals surface area contributed by atoms with Crippen LogP contribution in [-0.4, -0.2) is 18.9 Å². The number of hydrogen-bond acceptors (Lipinski definition) is 4. The molecule has 1 aliphatic rings. The Balaban J connectivity index is 1.60. The van der Waals surface area contributed by atoms with E-state index in [1.54, 1.807) is 13.1 Å². The first kappa shape index (κ1) is 17.7. The first-order valence-electron chi connectivity index (χ1n) is 8.89. The van der Waals surface area contributed by atoms with Gasteiger partial charge in [0.15, 0.2) is 0 Å². The highest BCUT2D eigenvalue weighted by molar-refractivity contribution is 7.17. The van der Waals surface area contributed by atoms with Crippen LogP contribution in [0, 0.1) is 5.82 Å². The molecule has 1 aromatic carbocycles. The fourth-order valence-electron chi connectivity index (χ4n) is 3.55. The third kappa shape index (κ3) is 3.35. The summed E-state index contributed by atoms with van der Waals surface area (Å²) >= 11 is 1.48. The zero-order chi connectivity index (χ0) is 19.0. The fraction of sp³-hybridized carbons (Fsp3) is 0.300. The quantitative estimate of drug-likeness (QED) is 0.711. The minimum absolute atomic E-state index is 0.0478. The van der Waals surface area contributed by atoms with E-state index in [9.17, 15) is 14.0 Å². The molecule has 140 valence electrons. The first-order chi connectivity index (χ1) is 13.1. The van der Waals surface area contributed by atoms with Crippen LogP contribution < -0.4 is 10.6 Å². The third-order valence-electron chi connectivity index (χ3n) is 4.85. The van der Waals surface area contributed by atoms with Crippen LogP contribution in [-0.2, 0) is 24.1 Å². The Morgan fingerprint density at radius 2 is 2.07 bits per heavy atom. The Morgan fingerprint density at radius 3 is 2.89 bits per heavy atom. The number of hydrogen-bond donors (Lipinski definition) is 2. The summed E-state index contributed by atoms with van der Waals surface area (Å²) in [6.45, 7) is 0. The van der Waals surface area contributed by atoms with E-state index in [1.165, 1.54) is 34.6 Å². The number of anilines is 1. The summed E-state index contributed by atoms with van der Waals surface area (Å²) in [6, 6.07) is 4.23. The van der Waals surface area contributed by atoms with E-state index < -0.39 is 0 Å². The van der Waals surface area contributed by atoms with E-state index in [4.69, 9.17) is 4.42 Å². The maximum Gasteiger partial charge on any atom is 0.254 e. The summed E-state index contributed by atoms with van der Waals surface area (Å²) in [7, 11) is 1.59. The molecule has 2 heterocycles. The molecule has 27 heavy (non-hydrogen) atoms. The van der Waals surface area contributed by atoms with Crippen molar-refractivity contribution >= 4 is 39.1 Å². The van der Waals surface area contributed by atoms with Gasteiger partial charge in [0.1, 0.15) is 16.4 Å². The van der Waals surface area contributed by atoms with Gasteiger partial charge in [0.05, 0.1) is 18.2 Å². The maximum atomic E-state index is 13.5. The number of aryl methyl sites for hydroxylation is 1. The van der Waals surface area contributed by atoms with E-state index in [0.717, 1.165) is 31.2 Å². The molecule has 0 radical (unpaired) electrons. The van der Waals surface area contributed by atoms with E-state index in [-0.39, 0.29) is 24.1 Å². The molecule has 0 bridgehead atoms. The van der Waals surface area contributed by atoms with Gasteiger partial charge in [-0.25, -0.2) is 4.39 Å². The molecule has 1 aliphatic carbocycles. The van der Waals surface area contributed by atoms with E-state index in [1.807, 2.05) is 0 Å². The maximum absolute atomic E-state index is 13.5. The largest absolute Gasteiger partial charge is 0.464 e. The van der Waals surface area contributed by atoms with E-state index in [2.05, 4.69) is 10.6 Å². The SMILES string of the molecule is CNC(=O)c1c(NC(=O)Cc2coc3ccc(F)cc23)sc2c1CCCC2. The van der Waals surface area contributed by atoms with Crippen molar-refractivity contribution in [2.24, 2.45) is 0 Å². The summed E-state index contributed by atoms with van der Waals surface area (Å²) in [5, 5.41) is 6.72. The summed E-state index contributed by atoms with van der Waals surface area (Å²) < 4.78 is 18.9. The highest BCUT2D eigenvalue weighted by atomic mass is 32.1. The van der Waals surface area contributed by atoms with Crippen molar-refractivity contribution in [2.75, 3.05) is 12.4 Å². The van der Waals surface area contributed by atoms with Crippen LogP contribution in [0.25, 0.3) is 11.0 Å². The van der Waals surface area contributed by atoms with Crippen molar-refractivity contribution in [3.63, 3.8) is 0 Å². The van der Waals surface area contributed by atoms with Gasteiger partial charge in [0.2, 0.25) is 5.91 Å². The van der Waals surface area contributed by atoms with E-state index in [0.29, 0.717) is 27.1 Å². The molecule has 0 aliphatic heterocycles. The molecule has 0 fully saturated rings. The number of fused-ring (bicyclic) bond motifs is 2. The van der Waals surface area contributed by atoms with Crippen LogP contribution in [0.3, 0.4) is 0 Å². The Hall–Kier alpha value is -2.67. The van der Waals surface area contributed by atoms with Crippen molar-refractivity contribution in [1.82, 2.24) is 5.32 Å². The molecule has 4 rings (SSSR count).